The summed E-state index contributed by atoms with van der Waals surface area (Å²) in [6, 6.07) is 29.9. The van der Waals surface area contributed by atoms with Crippen LogP contribution in [0.5, 0.6) is 0 Å². The van der Waals surface area contributed by atoms with Gasteiger partial charge in [-0.15, -0.1) is 0 Å². The van der Waals surface area contributed by atoms with E-state index in [2.05, 4.69) is 47.1 Å². The molecule has 2 aromatic heterocycles. The van der Waals surface area contributed by atoms with Crippen LogP contribution < -0.4 is 5.73 Å². The Morgan fingerprint density at radius 3 is 1.97 bits per heavy atom. The van der Waals surface area contributed by atoms with Gasteiger partial charge in [-0.2, -0.15) is 0 Å². The van der Waals surface area contributed by atoms with Crippen molar-refractivity contribution in [1.29, 1.82) is 0 Å². The lowest BCUT2D eigenvalue weighted by atomic mass is 10.0. The molecule has 30 heavy (non-hydrogen) atoms. The lowest BCUT2D eigenvalue weighted by molar-refractivity contribution is 0.100. The van der Waals surface area contributed by atoms with Crippen LogP contribution in [0.1, 0.15) is 10.4 Å². The summed E-state index contributed by atoms with van der Waals surface area (Å²) in [6.07, 6.45) is 4.12. The summed E-state index contributed by atoms with van der Waals surface area (Å²) in [6.45, 7) is 0. The highest BCUT2D eigenvalue weighted by Crippen LogP contribution is 2.32. The van der Waals surface area contributed by atoms with Crippen molar-refractivity contribution in [3.63, 3.8) is 0 Å². The second-order valence-electron chi connectivity index (χ2n) is 7.17. The van der Waals surface area contributed by atoms with Crippen LogP contribution in [0.2, 0.25) is 0 Å². The van der Waals surface area contributed by atoms with Gasteiger partial charge in [0.2, 0.25) is 5.91 Å². The van der Waals surface area contributed by atoms with Gasteiger partial charge in [-0.3, -0.25) is 4.79 Å². The number of imidazole rings is 1. The maximum absolute atomic E-state index is 11.4. The molecule has 0 unspecified atom stereocenters. The number of pyridine rings is 1. The number of hydrogen-bond acceptors (Lipinski definition) is 2. The second-order valence-corrected chi connectivity index (χ2v) is 7.17. The molecule has 5 rings (SSSR count). The number of hydrogen-bond donors (Lipinski definition) is 1. The van der Waals surface area contributed by atoms with Gasteiger partial charge in [-0.1, -0.05) is 72.8 Å². The zero-order valence-corrected chi connectivity index (χ0v) is 16.2. The van der Waals surface area contributed by atoms with Crippen molar-refractivity contribution in [3.05, 3.63) is 109 Å². The third-order valence-corrected chi connectivity index (χ3v) is 5.21. The van der Waals surface area contributed by atoms with E-state index in [0.717, 1.165) is 39.2 Å². The Morgan fingerprint density at radius 2 is 1.33 bits per heavy atom. The van der Waals surface area contributed by atoms with Gasteiger partial charge in [0.15, 0.2) is 0 Å². The molecule has 1 amide bonds. The Hall–Kier alpha value is -4.18. The average Bonchev–Trinajstić information content (AvgIpc) is 3.24. The summed E-state index contributed by atoms with van der Waals surface area (Å²) in [5.74, 6) is -0.427. The highest BCUT2D eigenvalue weighted by molar-refractivity contribution is 5.93. The molecule has 3 aromatic carbocycles. The number of carbonyl (C=O) groups is 1. The SMILES string of the molecule is NC(=O)c1ccc(-c2cc(-c3ccccc3)c3nc(-c4ccccc4)cn3c2)cc1. The molecule has 0 bridgehead atoms. The molecule has 0 aliphatic heterocycles. The largest absolute Gasteiger partial charge is 0.366 e. The number of aromatic nitrogens is 2. The van der Waals surface area contributed by atoms with Gasteiger partial charge < -0.3 is 10.1 Å². The first-order chi connectivity index (χ1) is 14.7. The van der Waals surface area contributed by atoms with E-state index in [1.54, 1.807) is 12.1 Å². The van der Waals surface area contributed by atoms with E-state index in [4.69, 9.17) is 10.7 Å². The number of rotatable bonds is 4. The zero-order valence-electron chi connectivity index (χ0n) is 16.2. The molecular formula is C26H19N3O. The Kier molecular flexibility index (Phi) is 4.37. The van der Waals surface area contributed by atoms with E-state index >= 15 is 0 Å². The normalized spacial score (nSPS) is 10.9. The number of carbonyl (C=O) groups excluding carboxylic acids is 1. The molecule has 0 spiro atoms. The fraction of sp³-hybridized carbons (Fsp3) is 0. The molecule has 0 saturated heterocycles. The molecule has 2 N–H and O–H groups in total. The van der Waals surface area contributed by atoms with Crippen LogP contribution >= 0.6 is 0 Å². The summed E-state index contributed by atoms with van der Waals surface area (Å²) in [5.41, 5.74) is 13.0. The highest BCUT2D eigenvalue weighted by atomic mass is 16.1. The smallest absolute Gasteiger partial charge is 0.248 e. The number of primary amides is 1. The number of amides is 1. The van der Waals surface area contributed by atoms with Gasteiger partial charge in [-0.25, -0.2) is 4.98 Å². The Balaban J connectivity index is 1.72. The average molecular weight is 389 g/mol. The molecule has 0 fully saturated rings. The van der Waals surface area contributed by atoms with Crippen LogP contribution in [0.15, 0.2) is 103 Å². The number of fused-ring (bicyclic) bond motifs is 1. The van der Waals surface area contributed by atoms with Crippen LogP contribution in [-0.2, 0) is 0 Å². The number of nitrogens with zero attached hydrogens (tertiary/aromatic N) is 2. The fourth-order valence-electron chi connectivity index (χ4n) is 3.66. The topological polar surface area (TPSA) is 60.4 Å². The van der Waals surface area contributed by atoms with Gasteiger partial charge in [0.1, 0.15) is 5.65 Å². The number of nitrogens with two attached hydrogens (primary N) is 1. The molecule has 0 aliphatic carbocycles. The van der Waals surface area contributed by atoms with Crippen molar-refractivity contribution < 1.29 is 4.79 Å². The van der Waals surface area contributed by atoms with E-state index in [0.29, 0.717) is 5.56 Å². The van der Waals surface area contributed by atoms with Crippen molar-refractivity contribution in [2.45, 2.75) is 0 Å². The second kappa shape index (κ2) is 7.33. The van der Waals surface area contributed by atoms with Gasteiger partial charge >= 0.3 is 0 Å². The van der Waals surface area contributed by atoms with Crippen molar-refractivity contribution in [2.75, 3.05) is 0 Å². The molecule has 144 valence electrons. The third kappa shape index (κ3) is 3.25. The summed E-state index contributed by atoms with van der Waals surface area (Å²) in [5, 5.41) is 0. The minimum atomic E-state index is -0.427. The van der Waals surface area contributed by atoms with Crippen molar-refractivity contribution in [3.8, 4) is 33.5 Å². The maximum atomic E-state index is 11.4. The fourth-order valence-corrected chi connectivity index (χ4v) is 3.66. The molecule has 0 radical (unpaired) electrons. The van der Waals surface area contributed by atoms with Gasteiger partial charge in [0, 0.05) is 29.1 Å². The summed E-state index contributed by atoms with van der Waals surface area (Å²) in [7, 11) is 0. The Labute approximate surface area is 174 Å². The first-order valence-electron chi connectivity index (χ1n) is 9.73. The molecule has 0 atom stereocenters. The quantitative estimate of drug-likeness (QED) is 0.445. The minimum Gasteiger partial charge on any atom is -0.366 e. The van der Waals surface area contributed by atoms with E-state index in [9.17, 15) is 4.79 Å². The summed E-state index contributed by atoms with van der Waals surface area (Å²) in [4.78, 5) is 16.3. The number of benzene rings is 3. The molecule has 0 saturated carbocycles. The Morgan fingerprint density at radius 1 is 0.700 bits per heavy atom. The van der Waals surface area contributed by atoms with Crippen LogP contribution in [0, 0.1) is 0 Å². The molecule has 0 aliphatic rings. The van der Waals surface area contributed by atoms with Crippen LogP contribution in [-0.4, -0.2) is 15.3 Å². The molecule has 5 aromatic rings. The van der Waals surface area contributed by atoms with Crippen LogP contribution in [0.25, 0.3) is 39.2 Å². The monoisotopic (exact) mass is 389 g/mol. The Bertz CT molecular complexity index is 1340. The summed E-state index contributed by atoms with van der Waals surface area (Å²) >= 11 is 0. The van der Waals surface area contributed by atoms with Crippen LogP contribution in [0.3, 0.4) is 0 Å². The molecular weight excluding hydrogens is 370 g/mol. The van der Waals surface area contributed by atoms with E-state index in [1.165, 1.54) is 0 Å². The van der Waals surface area contributed by atoms with Crippen molar-refractivity contribution in [2.24, 2.45) is 5.73 Å². The maximum Gasteiger partial charge on any atom is 0.248 e. The van der Waals surface area contributed by atoms with E-state index in [-0.39, 0.29) is 0 Å². The molecule has 2 heterocycles. The lowest BCUT2D eigenvalue weighted by Crippen LogP contribution is -2.10. The van der Waals surface area contributed by atoms with E-state index in [1.807, 2.05) is 48.5 Å². The zero-order chi connectivity index (χ0) is 20.5. The highest BCUT2D eigenvalue weighted by Gasteiger charge is 2.13. The third-order valence-electron chi connectivity index (χ3n) is 5.21. The van der Waals surface area contributed by atoms with Crippen LogP contribution in [0.4, 0.5) is 0 Å². The standard InChI is InChI=1S/C26H19N3O/c27-25(30)21-13-11-18(12-14-21)22-15-23(19-7-3-1-4-8-19)26-28-24(17-29(26)16-22)20-9-5-2-6-10-20/h1-17H,(H2,27,30). The predicted molar refractivity (Wildman–Crippen MR) is 120 cm³/mol. The minimum absolute atomic E-state index is 0.427. The van der Waals surface area contributed by atoms with Gasteiger partial charge in [-0.05, 0) is 34.9 Å². The molecule has 4 heteroatoms. The lowest BCUT2D eigenvalue weighted by Gasteiger charge is -2.09. The first-order valence-corrected chi connectivity index (χ1v) is 9.73. The van der Waals surface area contributed by atoms with Gasteiger partial charge in [0.05, 0.1) is 5.69 Å². The van der Waals surface area contributed by atoms with E-state index < -0.39 is 5.91 Å². The van der Waals surface area contributed by atoms with Gasteiger partial charge in [0.25, 0.3) is 0 Å². The summed E-state index contributed by atoms with van der Waals surface area (Å²) < 4.78 is 2.07. The predicted octanol–water partition coefficient (Wildman–Crippen LogP) is 5.43. The first kappa shape index (κ1) is 17.9. The molecule has 4 nitrogen and oxygen atoms in total. The van der Waals surface area contributed by atoms with Crippen molar-refractivity contribution in [1.82, 2.24) is 9.38 Å². The van der Waals surface area contributed by atoms with Crippen molar-refractivity contribution >= 4 is 11.6 Å².